The molecule has 0 radical (unpaired) electrons. The summed E-state index contributed by atoms with van der Waals surface area (Å²) in [5, 5.41) is 11.0. The average Bonchev–Trinajstić information content (AvgIpc) is 3.04. The lowest BCUT2D eigenvalue weighted by molar-refractivity contribution is -0.380. The second-order valence-corrected chi connectivity index (χ2v) is 6.71. The molecule has 1 aliphatic rings. The van der Waals surface area contributed by atoms with Gasteiger partial charge in [-0.15, -0.1) is 0 Å². The van der Waals surface area contributed by atoms with Crippen LogP contribution in [0.1, 0.15) is 38.5 Å². The number of aliphatic imine (C=N–C) groups is 1. The van der Waals surface area contributed by atoms with Crippen molar-refractivity contribution in [3.05, 3.63) is 38.4 Å². The maximum absolute atomic E-state index is 12.6. The molecule has 0 bridgehead atoms. The van der Waals surface area contributed by atoms with E-state index in [1.807, 2.05) is 0 Å². The average molecular weight is 380 g/mol. The maximum Gasteiger partial charge on any atom is 0.336 e. The van der Waals surface area contributed by atoms with Crippen LogP contribution in [0.3, 0.4) is 0 Å². The van der Waals surface area contributed by atoms with Gasteiger partial charge in [0.1, 0.15) is 5.92 Å². The van der Waals surface area contributed by atoms with Crippen molar-refractivity contribution in [2.24, 2.45) is 10.9 Å². The van der Waals surface area contributed by atoms with Crippen LogP contribution in [0, 0.1) is 16.0 Å². The minimum atomic E-state index is -0.837. The van der Waals surface area contributed by atoms with Crippen LogP contribution in [0.25, 0.3) is 0 Å². The highest BCUT2D eigenvalue weighted by atomic mass is 32.1. The number of rotatable bonds is 6. The predicted molar refractivity (Wildman–Crippen MR) is 96.3 cm³/mol. The van der Waals surface area contributed by atoms with Crippen molar-refractivity contribution in [1.82, 2.24) is 0 Å². The van der Waals surface area contributed by atoms with E-state index in [0.717, 1.165) is 11.3 Å². The Kier molecular flexibility index (Phi) is 6.25. The number of hydrogen-bond donors (Lipinski definition) is 0. The van der Waals surface area contributed by atoms with Crippen LogP contribution in [0.4, 0.5) is 5.00 Å². The summed E-state index contributed by atoms with van der Waals surface area (Å²) in [6, 6.07) is 2.92. The number of nitrogens with zero attached hydrogens (tertiary/aromatic N) is 2. The van der Waals surface area contributed by atoms with Gasteiger partial charge in [0.05, 0.1) is 23.7 Å². The SMILES string of the molecule is CCOC(=O)C1=C(C)N=C(C)C(C(=O)OCC)[C@H]1c1ccc([N+](=O)[O-])s1. The predicted octanol–water partition coefficient (Wildman–Crippen LogP) is 3.23. The zero-order valence-corrected chi connectivity index (χ0v) is 15.8. The Morgan fingerprint density at radius 1 is 1.23 bits per heavy atom. The van der Waals surface area contributed by atoms with E-state index in [9.17, 15) is 19.7 Å². The monoisotopic (exact) mass is 380 g/mol. The lowest BCUT2D eigenvalue weighted by Crippen LogP contribution is -2.36. The molecule has 0 aliphatic carbocycles. The zero-order valence-electron chi connectivity index (χ0n) is 15.0. The first-order chi connectivity index (χ1) is 12.3. The highest BCUT2D eigenvalue weighted by molar-refractivity contribution is 7.15. The third-order valence-corrected chi connectivity index (χ3v) is 5.08. The van der Waals surface area contributed by atoms with Crippen LogP contribution < -0.4 is 0 Å². The molecule has 2 heterocycles. The molecule has 26 heavy (non-hydrogen) atoms. The number of thiophene rings is 1. The summed E-state index contributed by atoms with van der Waals surface area (Å²) in [6.45, 7) is 7.05. The molecule has 9 heteroatoms. The second kappa shape index (κ2) is 8.22. The lowest BCUT2D eigenvalue weighted by Gasteiger charge is -2.30. The molecule has 1 aromatic heterocycles. The summed E-state index contributed by atoms with van der Waals surface area (Å²) in [5.41, 5.74) is 1.16. The summed E-state index contributed by atoms with van der Waals surface area (Å²) >= 11 is 0.926. The number of nitro groups is 1. The number of ether oxygens (including phenoxy) is 2. The van der Waals surface area contributed by atoms with E-state index in [0.29, 0.717) is 16.3 Å². The van der Waals surface area contributed by atoms with E-state index in [1.165, 1.54) is 6.07 Å². The maximum atomic E-state index is 12.6. The standard InChI is InChI=1S/C17H20N2O6S/c1-5-24-16(20)13-9(3)18-10(4)14(17(21)25-6-2)15(13)11-7-8-12(26-11)19(22)23/h7-8,13,15H,5-6H2,1-4H3/t13?,15-/m1/s1. The van der Waals surface area contributed by atoms with Crippen LogP contribution in [0.15, 0.2) is 28.4 Å². The van der Waals surface area contributed by atoms with Crippen molar-refractivity contribution in [3.8, 4) is 0 Å². The smallest absolute Gasteiger partial charge is 0.336 e. The van der Waals surface area contributed by atoms with Crippen molar-refractivity contribution in [2.75, 3.05) is 13.2 Å². The third kappa shape index (κ3) is 3.82. The Bertz CT molecular complexity index is 795. The van der Waals surface area contributed by atoms with Gasteiger partial charge in [-0.2, -0.15) is 0 Å². The molecule has 0 aromatic carbocycles. The molecule has 2 rings (SSSR count). The van der Waals surface area contributed by atoms with Crippen molar-refractivity contribution in [1.29, 1.82) is 0 Å². The number of esters is 2. The van der Waals surface area contributed by atoms with Crippen molar-refractivity contribution < 1.29 is 24.0 Å². The molecule has 8 nitrogen and oxygen atoms in total. The summed E-state index contributed by atoms with van der Waals surface area (Å²) in [4.78, 5) is 40.5. The fraction of sp³-hybridized carbons (Fsp3) is 0.471. The molecular weight excluding hydrogens is 360 g/mol. The minimum absolute atomic E-state index is 0.0661. The number of carbonyl (C=O) groups excluding carboxylic acids is 2. The fourth-order valence-corrected chi connectivity index (χ4v) is 3.93. The number of hydrogen-bond acceptors (Lipinski definition) is 8. The highest BCUT2D eigenvalue weighted by Crippen LogP contribution is 2.43. The van der Waals surface area contributed by atoms with E-state index >= 15 is 0 Å². The summed E-state index contributed by atoms with van der Waals surface area (Å²) in [6.07, 6.45) is 0. The van der Waals surface area contributed by atoms with Crippen molar-refractivity contribution in [2.45, 2.75) is 33.6 Å². The number of carbonyl (C=O) groups is 2. The highest BCUT2D eigenvalue weighted by Gasteiger charge is 2.43. The molecule has 0 N–H and O–H groups in total. The van der Waals surface area contributed by atoms with Gasteiger partial charge >= 0.3 is 16.9 Å². The topological polar surface area (TPSA) is 108 Å². The van der Waals surface area contributed by atoms with Gasteiger partial charge in [0.25, 0.3) is 0 Å². The van der Waals surface area contributed by atoms with E-state index in [4.69, 9.17) is 9.47 Å². The molecule has 1 aliphatic heterocycles. The van der Waals surface area contributed by atoms with E-state index in [2.05, 4.69) is 4.99 Å². The Balaban J connectivity index is 2.61. The number of allylic oxidation sites excluding steroid dienone is 1. The van der Waals surface area contributed by atoms with Gasteiger partial charge in [-0.3, -0.25) is 19.9 Å². The Morgan fingerprint density at radius 3 is 2.42 bits per heavy atom. The van der Waals surface area contributed by atoms with Gasteiger partial charge in [-0.1, -0.05) is 11.3 Å². The van der Waals surface area contributed by atoms with E-state index in [1.54, 1.807) is 33.8 Å². The molecule has 0 saturated heterocycles. The normalized spacial score (nSPS) is 19.8. The molecule has 0 saturated carbocycles. The van der Waals surface area contributed by atoms with Crippen molar-refractivity contribution in [3.63, 3.8) is 0 Å². The molecule has 140 valence electrons. The minimum Gasteiger partial charge on any atom is -0.465 e. The first-order valence-corrected chi connectivity index (χ1v) is 8.97. The Hall–Kier alpha value is -2.55. The Morgan fingerprint density at radius 2 is 1.88 bits per heavy atom. The van der Waals surface area contributed by atoms with Crippen LogP contribution in [-0.4, -0.2) is 35.8 Å². The van der Waals surface area contributed by atoms with Gasteiger partial charge in [0.2, 0.25) is 0 Å². The molecule has 0 amide bonds. The van der Waals surface area contributed by atoms with Crippen LogP contribution >= 0.6 is 11.3 Å². The molecule has 0 spiro atoms. The van der Waals surface area contributed by atoms with E-state index < -0.39 is 28.7 Å². The first kappa shape index (κ1) is 19.8. The van der Waals surface area contributed by atoms with Gasteiger partial charge < -0.3 is 9.47 Å². The molecule has 1 unspecified atom stereocenters. The first-order valence-electron chi connectivity index (χ1n) is 8.15. The Labute approximate surface area is 154 Å². The molecule has 1 aromatic rings. The third-order valence-electron chi connectivity index (χ3n) is 3.96. The quantitative estimate of drug-likeness (QED) is 0.426. The van der Waals surface area contributed by atoms with Crippen molar-refractivity contribution >= 4 is 34.0 Å². The zero-order chi connectivity index (χ0) is 19.4. The van der Waals surface area contributed by atoms with Crippen LogP contribution in [-0.2, 0) is 19.1 Å². The second-order valence-electron chi connectivity index (χ2n) is 5.61. The summed E-state index contributed by atoms with van der Waals surface area (Å²) < 4.78 is 10.3. The lowest BCUT2D eigenvalue weighted by atomic mass is 9.79. The fourth-order valence-electron chi connectivity index (χ4n) is 2.96. The van der Waals surface area contributed by atoms with Gasteiger partial charge in [0.15, 0.2) is 0 Å². The van der Waals surface area contributed by atoms with Gasteiger partial charge in [0, 0.05) is 28.3 Å². The molecular formula is C17H20N2O6S. The molecule has 0 fully saturated rings. The summed E-state index contributed by atoms with van der Waals surface area (Å²) in [7, 11) is 0. The van der Waals surface area contributed by atoms with Gasteiger partial charge in [-0.25, -0.2) is 4.79 Å². The van der Waals surface area contributed by atoms with Crippen LogP contribution in [0.5, 0.6) is 0 Å². The van der Waals surface area contributed by atoms with E-state index in [-0.39, 0.29) is 23.8 Å². The molecule has 2 atom stereocenters. The largest absolute Gasteiger partial charge is 0.465 e. The van der Waals surface area contributed by atoms with Crippen LogP contribution in [0.2, 0.25) is 0 Å². The summed E-state index contributed by atoms with van der Waals surface area (Å²) in [5.74, 6) is -2.68. The van der Waals surface area contributed by atoms with Gasteiger partial charge in [-0.05, 0) is 33.8 Å².